The van der Waals surface area contributed by atoms with Crippen LogP contribution in [0.5, 0.6) is 0 Å². The summed E-state index contributed by atoms with van der Waals surface area (Å²) >= 11 is 1.44. The smallest absolute Gasteiger partial charge is 0.257 e. The molecule has 0 aliphatic carbocycles. The SMILES string of the molecule is CS(=O)(=O)CCn1ccc(NC(=O)c2ccsc2)n1. The lowest BCUT2D eigenvalue weighted by molar-refractivity contribution is 0.102. The zero-order valence-electron chi connectivity index (χ0n) is 10.2. The molecular weight excluding hydrogens is 286 g/mol. The molecule has 0 unspecified atom stereocenters. The van der Waals surface area contributed by atoms with E-state index in [0.29, 0.717) is 11.4 Å². The molecule has 0 radical (unpaired) electrons. The van der Waals surface area contributed by atoms with E-state index in [4.69, 9.17) is 0 Å². The molecule has 2 aromatic heterocycles. The van der Waals surface area contributed by atoms with Gasteiger partial charge in [-0.05, 0) is 11.4 Å². The third kappa shape index (κ3) is 4.18. The molecule has 0 spiro atoms. The molecular formula is C11H13N3O3S2. The molecule has 8 heteroatoms. The summed E-state index contributed by atoms with van der Waals surface area (Å²) in [4.78, 5) is 11.8. The average molecular weight is 299 g/mol. The first kappa shape index (κ1) is 13.8. The Morgan fingerprint density at radius 1 is 1.47 bits per heavy atom. The number of aryl methyl sites for hydroxylation is 1. The van der Waals surface area contributed by atoms with Gasteiger partial charge in [-0.15, -0.1) is 0 Å². The Morgan fingerprint density at radius 3 is 2.89 bits per heavy atom. The fraction of sp³-hybridized carbons (Fsp3) is 0.273. The minimum Gasteiger partial charge on any atom is -0.305 e. The molecule has 6 nitrogen and oxygen atoms in total. The zero-order chi connectivity index (χ0) is 13.9. The molecule has 2 rings (SSSR count). The highest BCUT2D eigenvalue weighted by Gasteiger charge is 2.09. The van der Waals surface area contributed by atoms with Crippen LogP contribution < -0.4 is 5.32 Å². The van der Waals surface area contributed by atoms with E-state index in [9.17, 15) is 13.2 Å². The summed E-state index contributed by atoms with van der Waals surface area (Å²) in [5.74, 6) is 0.200. The van der Waals surface area contributed by atoms with Gasteiger partial charge in [0.05, 0.1) is 17.9 Å². The number of rotatable bonds is 5. The molecule has 102 valence electrons. The summed E-state index contributed by atoms with van der Waals surface area (Å²) in [6.45, 7) is 0.271. The Kier molecular flexibility index (Phi) is 4.01. The number of carbonyl (C=O) groups is 1. The molecule has 0 saturated heterocycles. The Hall–Kier alpha value is -1.67. The summed E-state index contributed by atoms with van der Waals surface area (Å²) in [6.07, 6.45) is 2.81. The molecule has 0 fully saturated rings. The quantitative estimate of drug-likeness (QED) is 0.900. The number of thiophene rings is 1. The second kappa shape index (κ2) is 5.54. The van der Waals surface area contributed by atoms with Crippen LogP contribution in [-0.4, -0.2) is 36.1 Å². The second-order valence-electron chi connectivity index (χ2n) is 4.06. The average Bonchev–Trinajstić information content (AvgIpc) is 2.96. The molecule has 0 atom stereocenters. The molecule has 19 heavy (non-hydrogen) atoms. The van der Waals surface area contributed by atoms with Crippen molar-refractivity contribution in [2.75, 3.05) is 17.3 Å². The van der Waals surface area contributed by atoms with Crippen molar-refractivity contribution in [3.63, 3.8) is 0 Å². The molecule has 2 heterocycles. The van der Waals surface area contributed by atoms with Gasteiger partial charge in [0.15, 0.2) is 5.82 Å². The van der Waals surface area contributed by atoms with Crippen LogP contribution in [0.25, 0.3) is 0 Å². The molecule has 2 aromatic rings. The van der Waals surface area contributed by atoms with E-state index < -0.39 is 9.84 Å². The minimum atomic E-state index is -3.02. The highest BCUT2D eigenvalue weighted by Crippen LogP contribution is 2.09. The van der Waals surface area contributed by atoms with Gasteiger partial charge in [-0.1, -0.05) is 0 Å². The van der Waals surface area contributed by atoms with Gasteiger partial charge < -0.3 is 5.32 Å². The monoisotopic (exact) mass is 299 g/mol. The predicted molar refractivity (Wildman–Crippen MR) is 74.2 cm³/mol. The summed E-state index contributed by atoms with van der Waals surface area (Å²) in [5.41, 5.74) is 0.579. The first-order chi connectivity index (χ1) is 8.94. The third-order valence-corrected chi connectivity index (χ3v) is 3.96. The molecule has 0 bridgehead atoms. The van der Waals surface area contributed by atoms with Crippen molar-refractivity contribution in [3.8, 4) is 0 Å². The van der Waals surface area contributed by atoms with Crippen LogP contribution >= 0.6 is 11.3 Å². The van der Waals surface area contributed by atoms with Crippen LogP contribution in [-0.2, 0) is 16.4 Å². The Bertz CT molecular complexity index is 659. The van der Waals surface area contributed by atoms with Gasteiger partial charge in [0.25, 0.3) is 5.91 Å². The summed E-state index contributed by atoms with van der Waals surface area (Å²) < 4.78 is 23.6. The van der Waals surface area contributed by atoms with Crippen molar-refractivity contribution in [2.24, 2.45) is 0 Å². The maximum Gasteiger partial charge on any atom is 0.257 e. The van der Waals surface area contributed by atoms with Crippen molar-refractivity contribution in [1.82, 2.24) is 9.78 Å². The van der Waals surface area contributed by atoms with Gasteiger partial charge in [0.2, 0.25) is 0 Å². The van der Waals surface area contributed by atoms with Gasteiger partial charge in [-0.25, -0.2) is 8.42 Å². The van der Waals surface area contributed by atoms with E-state index in [1.54, 1.807) is 23.7 Å². The number of nitrogens with zero attached hydrogens (tertiary/aromatic N) is 2. The number of sulfone groups is 1. The number of aromatic nitrogens is 2. The van der Waals surface area contributed by atoms with Gasteiger partial charge in [0, 0.05) is 23.9 Å². The van der Waals surface area contributed by atoms with Crippen LogP contribution in [0.2, 0.25) is 0 Å². The Labute approximate surface area is 115 Å². The number of anilines is 1. The van der Waals surface area contributed by atoms with Gasteiger partial charge in [0.1, 0.15) is 9.84 Å². The summed E-state index contributed by atoms with van der Waals surface area (Å²) in [6, 6.07) is 3.35. The van der Waals surface area contributed by atoms with Crippen LogP contribution in [0, 0.1) is 0 Å². The van der Waals surface area contributed by atoms with Crippen molar-refractivity contribution in [1.29, 1.82) is 0 Å². The number of carbonyl (C=O) groups excluding carboxylic acids is 1. The van der Waals surface area contributed by atoms with E-state index in [0.717, 1.165) is 0 Å². The molecule has 0 saturated carbocycles. The lowest BCUT2D eigenvalue weighted by Crippen LogP contribution is -2.14. The first-order valence-corrected chi connectivity index (χ1v) is 8.49. The van der Waals surface area contributed by atoms with E-state index in [2.05, 4.69) is 10.4 Å². The normalized spacial score (nSPS) is 11.4. The van der Waals surface area contributed by atoms with E-state index in [-0.39, 0.29) is 18.2 Å². The molecule has 1 amide bonds. The van der Waals surface area contributed by atoms with Crippen molar-refractivity contribution in [3.05, 3.63) is 34.7 Å². The number of hydrogen-bond donors (Lipinski definition) is 1. The fourth-order valence-corrected chi connectivity index (χ4v) is 2.55. The number of nitrogens with one attached hydrogen (secondary N) is 1. The maximum atomic E-state index is 11.8. The van der Waals surface area contributed by atoms with E-state index in [1.807, 2.05) is 5.38 Å². The van der Waals surface area contributed by atoms with Crippen LogP contribution in [0.1, 0.15) is 10.4 Å². The first-order valence-electron chi connectivity index (χ1n) is 5.49. The largest absolute Gasteiger partial charge is 0.305 e. The maximum absolute atomic E-state index is 11.8. The molecule has 0 aromatic carbocycles. The fourth-order valence-electron chi connectivity index (χ4n) is 1.39. The van der Waals surface area contributed by atoms with Gasteiger partial charge in [-0.3, -0.25) is 9.48 Å². The minimum absolute atomic E-state index is 0.0204. The standard InChI is InChI=1S/C11H13N3O3S2/c1-19(16,17)7-5-14-4-2-10(13-14)12-11(15)9-3-6-18-8-9/h2-4,6,8H,5,7H2,1H3,(H,12,13,15). The van der Waals surface area contributed by atoms with Crippen molar-refractivity contribution in [2.45, 2.75) is 6.54 Å². The van der Waals surface area contributed by atoms with Crippen molar-refractivity contribution >= 4 is 32.9 Å². The highest BCUT2D eigenvalue weighted by molar-refractivity contribution is 7.90. The molecule has 0 aliphatic rings. The lowest BCUT2D eigenvalue weighted by Gasteiger charge is -2.01. The second-order valence-corrected chi connectivity index (χ2v) is 7.10. The Morgan fingerprint density at radius 2 is 2.26 bits per heavy atom. The van der Waals surface area contributed by atoms with E-state index in [1.165, 1.54) is 22.3 Å². The Balaban J connectivity index is 1.96. The van der Waals surface area contributed by atoms with Crippen LogP contribution in [0.15, 0.2) is 29.1 Å². The predicted octanol–water partition coefficient (Wildman–Crippen LogP) is 1.24. The zero-order valence-corrected chi connectivity index (χ0v) is 11.9. The lowest BCUT2D eigenvalue weighted by atomic mass is 10.3. The highest BCUT2D eigenvalue weighted by atomic mass is 32.2. The van der Waals surface area contributed by atoms with Crippen LogP contribution in [0.4, 0.5) is 5.82 Å². The number of amides is 1. The summed E-state index contributed by atoms with van der Waals surface area (Å²) in [5, 5.41) is 10.3. The molecule has 0 aliphatic heterocycles. The molecule has 1 N–H and O–H groups in total. The summed E-state index contributed by atoms with van der Waals surface area (Å²) in [7, 11) is -3.02. The topological polar surface area (TPSA) is 81.1 Å². The number of hydrogen-bond acceptors (Lipinski definition) is 5. The van der Waals surface area contributed by atoms with Gasteiger partial charge in [-0.2, -0.15) is 16.4 Å². The van der Waals surface area contributed by atoms with Crippen LogP contribution in [0.3, 0.4) is 0 Å². The van der Waals surface area contributed by atoms with Crippen molar-refractivity contribution < 1.29 is 13.2 Å². The van der Waals surface area contributed by atoms with Gasteiger partial charge >= 0.3 is 0 Å². The third-order valence-electron chi connectivity index (χ3n) is 2.36. The van der Waals surface area contributed by atoms with E-state index >= 15 is 0 Å².